The second-order valence-corrected chi connectivity index (χ2v) is 2.78. The maximum atomic E-state index is 10.2. The summed E-state index contributed by atoms with van der Waals surface area (Å²) in [7, 11) is 0. The van der Waals surface area contributed by atoms with Crippen LogP contribution < -0.4 is 0 Å². The van der Waals surface area contributed by atoms with E-state index >= 15 is 0 Å². The third-order valence-corrected chi connectivity index (χ3v) is 1.72. The molecule has 1 N–H and O–H groups in total. The molecule has 0 aliphatic heterocycles. The summed E-state index contributed by atoms with van der Waals surface area (Å²) in [6.07, 6.45) is 7.77. The van der Waals surface area contributed by atoms with Crippen molar-refractivity contribution in [3.8, 4) is 0 Å². The minimum atomic E-state index is -0.941. The highest BCUT2D eigenvalue weighted by Gasteiger charge is 1.91. The fraction of sp³-hybridized carbons (Fsp3) is 0.0909. The van der Waals surface area contributed by atoms with Gasteiger partial charge in [-0.25, -0.2) is 4.79 Å². The van der Waals surface area contributed by atoms with Crippen LogP contribution >= 0.6 is 0 Å². The molecule has 0 aliphatic rings. The fourth-order valence-electron chi connectivity index (χ4n) is 0.986. The third-order valence-electron chi connectivity index (χ3n) is 1.72. The molecule has 0 atom stereocenters. The molecule has 0 aliphatic carbocycles. The predicted octanol–water partition coefficient (Wildman–Crippen LogP) is 2.13. The van der Waals surface area contributed by atoms with Crippen LogP contribution in [-0.4, -0.2) is 16.1 Å². The van der Waals surface area contributed by atoms with Crippen LogP contribution in [0.5, 0.6) is 0 Å². The molecule has 3 heteroatoms. The highest BCUT2D eigenvalue weighted by molar-refractivity contribution is 5.80. The van der Waals surface area contributed by atoms with Crippen LogP contribution in [0.4, 0.5) is 0 Å². The first-order valence-electron chi connectivity index (χ1n) is 4.18. The quantitative estimate of drug-likeness (QED) is 0.585. The van der Waals surface area contributed by atoms with Crippen LogP contribution in [-0.2, 0) is 4.79 Å². The normalized spacial score (nSPS) is 11.9. The molecule has 1 heterocycles. The Kier molecular flexibility index (Phi) is 3.61. The summed E-state index contributed by atoms with van der Waals surface area (Å²) in [4.78, 5) is 14.1. The second kappa shape index (κ2) is 4.97. The summed E-state index contributed by atoms with van der Waals surface area (Å²) in [6.45, 7) is 1.92. The van der Waals surface area contributed by atoms with Crippen molar-refractivity contribution in [1.29, 1.82) is 0 Å². The van der Waals surface area contributed by atoms with Crippen molar-refractivity contribution in [3.05, 3.63) is 48.3 Å². The molecule has 0 fully saturated rings. The molecule has 0 radical (unpaired) electrons. The Morgan fingerprint density at radius 2 is 2.07 bits per heavy atom. The SMILES string of the molecule is CC(=CC=CC(=O)O)c1ccncc1. The van der Waals surface area contributed by atoms with E-state index in [0.29, 0.717) is 0 Å². The number of carboxylic acids is 1. The molecule has 0 bridgehead atoms. The van der Waals surface area contributed by atoms with Crippen molar-refractivity contribution in [1.82, 2.24) is 4.98 Å². The van der Waals surface area contributed by atoms with E-state index in [2.05, 4.69) is 4.98 Å². The van der Waals surface area contributed by atoms with E-state index in [1.807, 2.05) is 19.1 Å². The molecular weight excluding hydrogens is 178 g/mol. The summed E-state index contributed by atoms with van der Waals surface area (Å²) < 4.78 is 0. The van der Waals surface area contributed by atoms with Gasteiger partial charge in [0.25, 0.3) is 0 Å². The van der Waals surface area contributed by atoms with E-state index in [1.165, 1.54) is 6.08 Å². The molecule has 0 saturated heterocycles. The molecule has 0 unspecified atom stereocenters. The van der Waals surface area contributed by atoms with Crippen LogP contribution in [0.2, 0.25) is 0 Å². The van der Waals surface area contributed by atoms with Crippen molar-refractivity contribution < 1.29 is 9.90 Å². The minimum Gasteiger partial charge on any atom is -0.478 e. The van der Waals surface area contributed by atoms with E-state index in [0.717, 1.165) is 17.2 Å². The number of hydrogen-bond acceptors (Lipinski definition) is 2. The van der Waals surface area contributed by atoms with Gasteiger partial charge >= 0.3 is 5.97 Å². The lowest BCUT2D eigenvalue weighted by atomic mass is 10.1. The molecule has 1 rings (SSSR count). The first-order chi connectivity index (χ1) is 6.70. The Hall–Kier alpha value is -1.90. The van der Waals surface area contributed by atoms with Gasteiger partial charge in [0.2, 0.25) is 0 Å². The largest absolute Gasteiger partial charge is 0.478 e. The monoisotopic (exact) mass is 189 g/mol. The zero-order chi connectivity index (χ0) is 10.4. The van der Waals surface area contributed by atoms with E-state index in [1.54, 1.807) is 18.5 Å². The minimum absolute atomic E-state index is 0.941. The number of pyridine rings is 1. The second-order valence-electron chi connectivity index (χ2n) is 2.78. The standard InChI is InChI=1S/C11H11NO2/c1-9(3-2-4-11(13)14)10-5-7-12-8-6-10/h2-8H,1H3,(H,13,14). The maximum Gasteiger partial charge on any atom is 0.328 e. The van der Waals surface area contributed by atoms with Gasteiger partial charge in [0.15, 0.2) is 0 Å². The lowest BCUT2D eigenvalue weighted by Gasteiger charge is -1.97. The summed E-state index contributed by atoms with van der Waals surface area (Å²) >= 11 is 0. The average Bonchev–Trinajstić information content (AvgIpc) is 2.18. The van der Waals surface area contributed by atoms with Gasteiger partial charge in [0.05, 0.1) is 0 Å². The van der Waals surface area contributed by atoms with E-state index in [-0.39, 0.29) is 0 Å². The third kappa shape index (κ3) is 3.23. The first kappa shape index (κ1) is 10.2. The number of carbonyl (C=O) groups is 1. The van der Waals surface area contributed by atoms with E-state index in [9.17, 15) is 4.79 Å². The summed E-state index contributed by atoms with van der Waals surface area (Å²) in [5, 5.41) is 8.37. The Morgan fingerprint density at radius 3 is 2.64 bits per heavy atom. The van der Waals surface area contributed by atoms with Gasteiger partial charge in [0, 0.05) is 18.5 Å². The lowest BCUT2D eigenvalue weighted by Crippen LogP contribution is -1.85. The van der Waals surface area contributed by atoms with Crippen molar-refractivity contribution in [3.63, 3.8) is 0 Å². The van der Waals surface area contributed by atoms with Crippen LogP contribution in [0.25, 0.3) is 5.57 Å². The molecule has 0 saturated carbocycles. The Balaban J connectivity index is 2.75. The smallest absolute Gasteiger partial charge is 0.328 e. The van der Waals surface area contributed by atoms with Crippen molar-refractivity contribution >= 4 is 11.5 Å². The van der Waals surface area contributed by atoms with Crippen LogP contribution in [0.3, 0.4) is 0 Å². The fourth-order valence-corrected chi connectivity index (χ4v) is 0.986. The molecule has 3 nitrogen and oxygen atoms in total. The average molecular weight is 189 g/mol. The van der Waals surface area contributed by atoms with Crippen LogP contribution in [0, 0.1) is 0 Å². The topological polar surface area (TPSA) is 50.2 Å². The summed E-state index contributed by atoms with van der Waals surface area (Å²) in [5.41, 5.74) is 2.04. The van der Waals surface area contributed by atoms with Crippen LogP contribution in [0.15, 0.2) is 42.8 Å². The van der Waals surface area contributed by atoms with Crippen molar-refractivity contribution in [2.24, 2.45) is 0 Å². The lowest BCUT2D eigenvalue weighted by molar-refractivity contribution is -0.131. The van der Waals surface area contributed by atoms with Crippen molar-refractivity contribution in [2.45, 2.75) is 6.92 Å². The van der Waals surface area contributed by atoms with Gasteiger partial charge in [-0.2, -0.15) is 0 Å². The highest BCUT2D eigenvalue weighted by atomic mass is 16.4. The molecule has 14 heavy (non-hydrogen) atoms. The van der Waals surface area contributed by atoms with Crippen LogP contribution in [0.1, 0.15) is 12.5 Å². The number of allylic oxidation sites excluding steroid dienone is 3. The predicted molar refractivity (Wildman–Crippen MR) is 54.7 cm³/mol. The highest BCUT2D eigenvalue weighted by Crippen LogP contribution is 2.11. The van der Waals surface area contributed by atoms with Gasteiger partial charge in [-0.1, -0.05) is 12.2 Å². The van der Waals surface area contributed by atoms with Gasteiger partial charge in [-0.3, -0.25) is 4.98 Å². The Morgan fingerprint density at radius 1 is 1.43 bits per heavy atom. The maximum absolute atomic E-state index is 10.2. The molecular formula is C11H11NO2. The number of aliphatic carboxylic acids is 1. The first-order valence-corrected chi connectivity index (χ1v) is 4.18. The summed E-state index contributed by atoms with van der Waals surface area (Å²) in [5.74, 6) is -0.941. The number of hydrogen-bond donors (Lipinski definition) is 1. The van der Waals surface area contributed by atoms with Crippen molar-refractivity contribution in [2.75, 3.05) is 0 Å². The zero-order valence-electron chi connectivity index (χ0n) is 7.84. The van der Waals surface area contributed by atoms with E-state index < -0.39 is 5.97 Å². The zero-order valence-corrected chi connectivity index (χ0v) is 7.84. The molecule has 0 amide bonds. The number of rotatable bonds is 3. The van der Waals surface area contributed by atoms with Gasteiger partial charge in [-0.05, 0) is 30.2 Å². The molecule has 0 spiro atoms. The molecule has 0 aromatic carbocycles. The number of aromatic nitrogens is 1. The molecule has 1 aromatic rings. The van der Waals surface area contributed by atoms with Gasteiger partial charge in [-0.15, -0.1) is 0 Å². The Bertz CT molecular complexity index is 366. The molecule has 1 aromatic heterocycles. The summed E-state index contributed by atoms with van der Waals surface area (Å²) in [6, 6.07) is 3.75. The Labute approximate surface area is 82.4 Å². The van der Waals surface area contributed by atoms with E-state index in [4.69, 9.17) is 5.11 Å². The number of nitrogens with zero attached hydrogens (tertiary/aromatic N) is 1. The van der Waals surface area contributed by atoms with Gasteiger partial charge < -0.3 is 5.11 Å². The number of carboxylic acid groups (broad SMARTS) is 1. The van der Waals surface area contributed by atoms with Gasteiger partial charge in [0.1, 0.15) is 0 Å². The molecule has 72 valence electrons.